The molecule has 0 bridgehead atoms. The molecule has 0 aromatic heterocycles. The van der Waals surface area contributed by atoms with E-state index >= 15 is 0 Å². The summed E-state index contributed by atoms with van der Waals surface area (Å²) in [5.74, 6) is 0. The fourth-order valence-corrected chi connectivity index (χ4v) is 3.05. The summed E-state index contributed by atoms with van der Waals surface area (Å²) >= 11 is 0. The maximum atomic E-state index is 9.48. The lowest BCUT2D eigenvalue weighted by Crippen LogP contribution is -2.49. The van der Waals surface area contributed by atoms with Crippen LogP contribution in [-0.2, 0) is 0 Å². The Morgan fingerprint density at radius 2 is 1.88 bits per heavy atom. The van der Waals surface area contributed by atoms with Crippen LogP contribution < -0.4 is 5.32 Å². The number of aliphatic hydroxyl groups excluding tert-OH is 1. The summed E-state index contributed by atoms with van der Waals surface area (Å²) in [6.45, 7) is 5.93. The first-order valence-corrected chi connectivity index (χ1v) is 6.94. The highest BCUT2D eigenvalue weighted by Gasteiger charge is 2.24. The van der Waals surface area contributed by atoms with Gasteiger partial charge in [-0.25, -0.2) is 0 Å². The van der Waals surface area contributed by atoms with Crippen LogP contribution in [0.15, 0.2) is 0 Å². The number of piperidine rings is 1. The van der Waals surface area contributed by atoms with Crippen LogP contribution in [0.25, 0.3) is 0 Å². The zero-order chi connectivity index (χ0) is 11.4. The summed E-state index contributed by atoms with van der Waals surface area (Å²) in [5, 5.41) is 13.3. The molecule has 2 fully saturated rings. The minimum atomic E-state index is -0.0310. The normalized spacial score (nSPS) is 37.5. The van der Waals surface area contributed by atoms with Gasteiger partial charge in [0.1, 0.15) is 0 Å². The molecule has 2 rings (SSSR count). The van der Waals surface area contributed by atoms with E-state index in [0.717, 1.165) is 25.7 Å². The molecule has 2 N–H and O–H groups in total. The van der Waals surface area contributed by atoms with Gasteiger partial charge in [-0.2, -0.15) is 0 Å². The fourth-order valence-electron chi connectivity index (χ4n) is 3.05. The van der Waals surface area contributed by atoms with Crippen molar-refractivity contribution in [1.82, 2.24) is 10.2 Å². The smallest absolute Gasteiger partial charge is 0.0541 e. The standard InChI is InChI=1S/C13H26N2O/c1-2-15-9-3-4-12(10-15)14-11-5-7-13(16)8-6-11/h11-14,16H,2-10H2,1H3. The Kier molecular flexibility index (Phi) is 4.62. The van der Waals surface area contributed by atoms with Crippen LogP contribution in [0.2, 0.25) is 0 Å². The maximum Gasteiger partial charge on any atom is 0.0541 e. The van der Waals surface area contributed by atoms with Crippen LogP contribution in [0, 0.1) is 0 Å². The molecule has 94 valence electrons. The number of nitrogens with one attached hydrogen (secondary N) is 1. The lowest BCUT2D eigenvalue weighted by molar-refractivity contribution is 0.107. The van der Waals surface area contributed by atoms with E-state index in [1.54, 1.807) is 0 Å². The number of likely N-dealkylation sites (N-methyl/N-ethyl adjacent to an activating group) is 1. The average molecular weight is 226 g/mol. The second-order valence-electron chi connectivity index (χ2n) is 5.40. The van der Waals surface area contributed by atoms with Crippen molar-refractivity contribution >= 4 is 0 Å². The quantitative estimate of drug-likeness (QED) is 0.763. The van der Waals surface area contributed by atoms with Crippen molar-refractivity contribution in [3.63, 3.8) is 0 Å². The Morgan fingerprint density at radius 1 is 1.12 bits per heavy atom. The minimum absolute atomic E-state index is 0.0310. The second-order valence-corrected chi connectivity index (χ2v) is 5.40. The van der Waals surface area contributed by atoms with Crippen molar-refractivity contribution in [2.75, 3.05) is 19.6 Å². The van der Waals surface area contributed by atoms with E-state index in [1.165, 1.54) is 32.5 Å². The summed E-state index contributed by atoms with van der Waals surface area (Å²) in [6, 6.07) is 1.35. The van der Waals surface area contributed by atoms with Gasteiger partial charge in [0.25, 0.3) is 0 Å². The van der Waals surface area contributed by atoms with Gasteiger partial charge in [0.2, 0.25) is 0 Å². The van der Waals surface area contributed by atoms with Crippen LogP contribution >= 0.6 is 0 Å². The molecule has 1 saturated carbocycles. The topological polar surface area (TPSA) is 35.5 Å². The molecule has 2 aliphatic rings. The summed E-state index contributed by atoms with van der Waals surface area (Å²) in [5.41, 5.74) is 0. The highest BCUT2D eigenvalue weighted by Crippen LogP contribution is 2.20. The third kappa shape index (κ3) is 3.44. The number of rotatable bonds is 3. The van der Waals surface area contributed by atoms with Crippen LogP contribution in [0.5, 0.6) is 0 Å². The number of hydrogen-bond donors (Lipinski definition) is 2. The number of nitrogens with zero attached hydrogens (tertiary/aromatic N) is 1. The van der Waals surface area contributed by atoms with Gasteiger partial charge < -0.3 is 15.3 Å². The van der Waals surface area contributed by atoms with Gasteiger partial charge in [-0.15, -0.1) is 0 Å². The van der Waals surface area contributed by atoms with E-state index in [2.05, 4.69) is 17.1 Å². The van der Waals surface area contributed by atoms with Crippen molar-refractivity contribution in [1.29, 1.82) is 0 Å². The van der Waals surface area contributed by atoms with Crippen LogP contribution in [0.4, 0.5) is 0 Å². The number of likely N-dealkylation sites (tertiary alicyclic amines) is 1. The van der Waals surface area contributed by atoms with E-state index in [0.29, 0.717) is 12.1 Å². The van der Waals surface area contributed by atoms with Crippen LogP contribution in [-0.4, -0.2) is 47.8 Å². The lowest BCUT2D eigenvalue weighted by atomic mass is 9.92. The summed E-state index contributed by atoms with van der Waals surface area (Å²) in [6.07, 6.45) is 6.92. The molecule has 16 heavy (non-hydrogen) atoms. The summed E-state index contributed by atoms with van der Waals surface area (Å²) in [7, 11) is 0. The molecule has 1 saturated heterocycles. The minimum Gasteiger partial charge on any atom is -0.393 e. The first kappa shape index (κ1) is 12.3. The van der Waals surface area contributed by atoms with Crippen LogP contribution in [0.1, 0.15) is 45.4 Å². The van der Waals surface area contributed by atoms with Gasteiger partial charge in [-0.3, -0.25) is 0 Å². The first-order chi connectivity index (χ1) is 7.78. The Balaban J connectivity index is 1.72. The molecule has 1 aliphatic heterocycles. The monoisotopic (exact) mass is 226 g/mol. The van der Waals surface area contributed by atoms with Crippen molar-refractivity contribution < 1.29 is 5.11 Å². The third-order valence-corrected chi connectivity index (χ3v) is 4.12. The van der Waals surface area contributed by atoms with Gasteiger partial charge in [-0.05, 0) is 51.6 Å². The average Bonchev–Trinajstić information content (AvgIpc) is 2.32. The van der Waals surface area contributed by atoms with E-state index in [1.807, 2.05) is 0 Å². The van der Waals surface area contributed by atoms with E-state index in [4.69, 9.17) is 0 Å². The molecule has 0 radical (unpaired) electrons. The van der Waals surface area contributed by atoms with Crippen molar-refractivity contribution in [2.45, 2.75) is 63.6 Å². The molecule has 1 atom stereocenters. The Hall–Kier alpha value is -0.120. The number of hydrogen-bond acceptors (Lipinski definition) is 3. The molecule has 1 aliphatic carbocycles. The fraction of sp³-hybridized carbons (Fsp3) is 1.00. The second kappa shape index (κ2) is 5.99. The summed E-state index contributed by atoms with van der Waals surface area (Å²) in [4.78, 5) is 2.54. The molecule has 0 aromatic carbocycles. The van der Waals surface area contributed by atoms with E-state index in [-0.39, 0.29) is 6.10 Å². The summed E-state index contributed by atoms with van der Waals surface area (Å²) < 4.78 is 0. The number of aliphatic hydroxyl groups is 1. The SMILES string of the molecule is CCN1CCCC(NC2CCC(O)CC2)C1. The largest absolute Gasteiger partial charge is 0.393 e. The predicted octanol–water partition coefficient (Wildman–Crippen LogP) is 1.36. The highest BCUT2D eigenvalue weighted by atomic mass is 16.3. The Labute approximate surface area is 99.2 Å². The molecular formula is C13H26N2O. The molecule has 3 nitrogen and oxygen atoms in total. The Morgan fingerprint density at radius 3 is 2.56 bits per heavy atom. The van der Waals surface area contributed by atoms with Gasteiger partial charge >= 0.3 is 0 Å². The van der Waals surface area contributed by atoms with Crippen molar-refractivity contribution in [2.24, 2.45) is 0 Å². The predicted molar refractivity (Wildman–Crippen MR) is 66.5 cm³/mol. The molecule has 1 heterocycles. The van der Waals surface area contributed by atoms with E-state index < -0.39 is 0 Å². The lowest BCUT2D eigenvalue weighted by Gasteiger charge is -2.36. The van der Waals surface area contributed by atoms with Crippen molar-refractivity contribution in [3.05, 3.63) is 0 Å². The van der Waals surface area contributed by atoms with E-state index in [9.17, 15) is 5.11 Å². The highest BCUT2D eigenvalue weighted by molar-refractivity contribution is 4.84. The van der Waals surface area contributed by atoms with Gasteiger partial charge in [0.05, 0.1) is 6.10 Å². The molecule has 0 amide bonds. The van der Waals surface area contributed by atoms with Gasteiger partial charge in [0.15, 0.2) is 0 Å². The van der Waals surface area contributed by atoms with Gasteiger partial charge in [-0.1, -0.05) is 6.92 Å². The molecule has 0 spiro atoms. The zero-order valence-electron chi connectivity index (χ0n) is 10.5. The zero-order valence-corrected chi connectivity index (χ0v) is 10.5. The molecule has 1 unspecified atom stereocenters. The Bertz CT molecular complexity index is 202. The maximum absolute atomic E-state index is 9.48. The van der Waals surface area contributed by atoms with Crippen molar-refractivity contribution in [3.8, 4) is 0 Å². The van der Waals surface area contributed by atoms with Gasteiger partial charge in [0, 0.05) is 18.6 Å². The molecule has 3 heteroatoms. The molecule has 0 aromatic rings. The third-order valence-electron chi connectivity index (χ3n) is 4.12. The first-order valence-electron chi connectivity index (χ1n) is 6.94. The van der Waals surface area contributed by atoms with Crippen LogP contribution in [0.3, 0.4) is 0 Å². The molecular weight excluding hydrogens is 200 g/mol.